The minimum Gasteiger partial charge on any atom is -0.240 e. The Morgan fingerprint density at radius 2 is 1.44 bits per heavy atom. The third-order valence-corrected chi connectivity index (χ3v) is 2.15. The molecule has 0 atom stereocenters. The Hall–Kier alpha value is -1.87. The summed E-state index contributed by atoms with van der Waals surface area (Å²) in [6.07, 6.45) is 0. The topological polar surface area (TPSA) is 12.5 Å². The van der Waals surface area contributed by atoms with Gasteiger partial charge in [0.05, 0.1) is 5.69 Å². The van der Waals surface area contributed by atoms with Crippen molar-refractivity contribution in [2.24, 2.45) is 0 Å². The normalized spacial score (nSPS) is 10.1. The van der Waals surface area contributed by atoms with Crippen molar-refractivity contribution in [3.8, 4) is 0 Å². The maximum Gasteiger partial charge on any atom is 0.103 e. The maximum atomic E-state index is 13.4. The second-order valence-corrected chi connectivity index (χ2v) is 3.34. The number of anilines is 1. The van der Waals surface area contributed by atoms with E-state index in [-0.39, 0.29) is 11.9 Å². The highest BCUT2D eigenvalue weighted by Crippen LogP contribution is 2.15. The number of para-hydroxylation sites is 1. The van der Waals surface area contributed by atoms with E-state index < -0.39 is 0 Å². The summed E-state index contributed by atoms with van der Waals surface area (Å²) in [4.78, 5) is 4.98. The fourth-order valence-corrected chi connectivity index (χ4v) is 1.33. The maximum absolute atomic E-state index is 13.4. The summed E-state index contributed by atoms with van der Waals surface area (Å²) in [6, 6.07) is 18.1. The van der Waals surface area contributed by atoms with Gasteiger partial charge in [0, 0.05) is 0 Å². The minimum absolute atomic E-state index is 0.215. The third kappa shape index (κ3) is 2.81. The van der Waals surface area contributed by atoms with E-state index in [1.165, 1.54) is 0 Å². The van der Waals surface area contributed by atoms with E-state index >= 15 is 0 Å². The Balaban J connectivity index is 1.92. The molecule has 0 saturated heterocycles. The number of rotatable bonds is 4. The highest BCUT2D eigenvalue weighted by molar-refractivity contribution is 5.40. The molecule has 82 valence electrons. The van der Waals surface area contributed by atoms with E-state index in [1.807, 2.05) is 36.4 Å². The molecule has 2 rings (SSSR count). The Morgan fingerprint density at radius 3 is 2.06 bits per heavy atom. The van der Waals surface area contributed by atoms with E-state index in [0.717, 1.165) is 5.56 Å². The second-order valence-electron chi connectivity index (χ2n) is 3.34. The largest absolute Gasteiger partial charge is 0.240 e. The first-order valence-corrected chi connectivity index (χ1v) is 5.04. The molecule has 0 aliphatic heterocycles. The average Bonchev–Trinajstić information content (AvgIpc) is 2.38. The zero-order valence-electron chi connectivity index (χ0n) is 8.71. The average molecular weight is 217 g/mol. The lowest BCUT2D eigenvalue weighted by atomic mass is 10.2. The van der Waals surface area contributed by atoms with E-state index in [9.17, 15) is 4.48 Å². The molecule has 3 heteroatoms. The standard InChI is InChI=1S/C13H12FNO/c14-15(13-9-5-2-6-10-13)16-11-12-7-3-1-4-8-12/h1-10H,11H2. The first kappa shape index (κ1) is 10.6. The zero-order chi connectivity index (χ0) is 11.2. The zero-order valence-corrected chi connectivity index (χ0v) is 8.71. The molecule has 0 spiro atoms. The van der Waals surface area contributed by atoms with Crippen LogP contribution in [-0.2, 0) is 11.4 Å². The molecule has 16 heavy (non-hydrogen) atoms. The van der Waals surface area contributed by atoms with E-state index in [4.69, 9.17) is 4.84 Å². The molecule has 0 amide bonds. The molecule has 0 bridgehead atoms. The highest BCUT2D eigenvalue weighted by Gasteiger charge is 2.04. The smallest absolute Gasteiger partial charge is 0.103 e. The molecule has 0 N–H and O–H groups in total. The Labute approximate surface area is 93.8 Å². The molecule has 2 nitrogen and oxygen atoms in total. The van der Waals surface area contributed by atoms with Crippen LogP contribution in [0.4, 0.5) is 10.2 Å². The highest BCUT2D eigenvalue weighted by atomic mass is 19.2. The molecule has 0 unspecified atom stereocenters. The lowest BCUT2D eigenvalue weighted by molar-refractivity contribution is 0.00789. The first-order valence-electron chi connectivity index (χ1n) is 5.04. The molecule has 0 aliphatic carbocycles. The van der Waals surface area contributed by atoms with Crippen molar-refractivity contribution in [3.63, 3.8) is 0 Å². The van der Waals surface area contributed by atoms with Crippen LogP contribution in [0, 0.1) is 0 Å². The van der Waals surface area contributed by atoms with Crippen molar-refractivity contribution in [1.29, 1.82) is 0 Å². The summed E-state index contributed by atoms with van der Waals surface area (Å²) in [7, 11) is 0. The van der Waals surface area contributed by atoms with Gasteiger partial charge in [0.25, 0.3) is 0 Å². The van der Waals surface area contributed by atoms with Crippen LogP contribution in [0.1, 0.15) is 5.56 Å². The van der Waals surface area contributed by atoms with Crippen LogP contribution in [0.25, 0.3) is 0 Å². The van der Waals surface area contributed by atoms with Crippen molar-refractivity contribution in [3.05, 3.63) is 66.2 Å². The van der Waals surface area contributed by atoms with Crippen molar-refractivity contribution >= 4 is 5.69 Å². The van der Waals surface area contributed by atoms with Crippen LogP contribution < -0.4 is 5.29 Å². The minimum atomic E-state index is 0.215. The lowest BCUT2D eigenvalue weighted by Gasteiger charge is -2.12. The van der Waals surface area contributed by atoms with Crippen molar-refractivity contribution in [2.45, 2.75) is 6.61 Å². The molecule has 2 aromatic rings. The van der Waals surface area contributed by atoms with Gasteiger partial charge in [-0.25, -0.2) is 4.84 Å². The molecule has 0 aromatic heterocycles. The van der Waals surface area contributed by atoms with Gasteiger partial charge in [-0.15, -0.1) is 0 Å². The third-order valence-electron chi connectivity index (χ3n) is 2.15. The van der Waals surface area contributed by atoms with Gasteiger partial charge >= 0.3 is 0 Å². The fourth-order valence-electron chi connectivity index (χ4n) is 1.33. The molecule has 0 heterocycles. The Bertz CT molecular complexity index is 418. The molecule has 0 aliphatic rings. The quantitative estimate of drug-likeness (QED) is 0.574. The summed E-state index contributed by atoms with van der Waals surface area (Å²) >= 11 is 0. The summed E-state index contributed by atoms with van der Waals surface area (Å²) in [6.45, 7) is 0.215. The van der Waals surface area contributed by atoms with Crippen LogP contribution >= 0.6 is 0 Å². The number of halogens is 1. The molecule has 0 saturated carbocycles. The van der Waals surface area contributed by atoms with Crippen molar-refractivity contribution < 1.29 is 9.32 Å². The van der Waals surface area contributed by atoms with Crippen molar-refractivity contribution in [2.75, 3.05) is 5.29 Å². The van der Waals surface area contributed by atoms with E-state index in [1.54, 1.807) is 24.3 Å². The SMILES string of the molecule is FN(OCc1ccccc1)c1ccccc1. The molecule has 0 fully saturated rings. The fraction of sp³-hybridized carbons (Fsp3) is 0.0769. The molecular formula is C13H12FNO. The number of nitrogens with zero attached hydrogens (tertiary/aromatic N) is 1. The van der Waals surface area contributed by atoms with Gasteiger partial charge in [0.15, 0.2) is 0 Å². The number of hydrogen-bond donors (Lipinski definition) is 0. The van der Waals surface area contributed by atoms with Gasteiger partial charge in [0.1, 0.15) is 6.61 Å². The van der Waals surface area contributed by atoms with Crippen LogP contribution in [0.5, 0.6) is 0 Å². The monoisotopic (exact) mass is 217 g/mol. The summed E-state index contributed by atoms with van der Waals surface area (Å²) in [5.41, 5.74) is 1.32. The summed E-state index contributed by atoms with van der Waals surface area (Å²) < 4.78 is 13.4. The van der Waals surface area contributed by atoms with Crippen LogP contribution in [0.2, 0.25) is 0 Å². The Morgan fingerprint density at radius 1 is 0.875 bits per heavy atom. The summed E-state index contributed by atoms with van der Waals surface area (Å²) in [5.74, 6) is 0. The predicted octanol–water partition coefficient (Wildman–Crippen LogP) is 3.51. The van der Waals surface area contributed by atoms with Gasteiger partial charge < -0.3 is 0 Å². The predicted molar refractivity (Wildman–Crippen MR) is 61.3 cm³/mol. The van der Waals surface area contributed by atoms with Crippen molar-refractivity contribution in [1.82, 2.24) is 0 Å². The number of hydrogen-bond acceptors (Lipinski definition) is 2. The molecule has 0 radical (unpaired) electrons. The van der Waals surface area contributed by atoms with Crippen LogP contribution in [0.15, 0.2) is 60.7 Å². The second kappa shape index (κ2) is 5.28. The molecule has 2 aromatic carbocycles. The summed E-state index contributed by atoms with van der Waals surface area (Å²) in [5, 5.41) is 0.285. The van der Waals surface area contributed by atoms with Gasteiger partial charge in [0.2, 0.25) is 0 Å². The van der Waals surface area contributed by atoms with E-state index in [2.05, 4.69) is 0 Å². The molecular weight excluding hydrogens is 205 g/mol. The van der Waals surface area contributed by atoms with Gasteiger partial charge in [-0.1, -0.05) is 58.3 Å². The van der Waals surface area contributed by atoms with Crippen LogP contribution in [0.3, 0.4) is 0 Å². The van der Waals surface area contributed by atoms with Gasteiger partial charge in [-0.2, -0.15) is 0 Å². The lowest BCUT2D eigenvalue weighted by Crippen LogP contribution is -2.12. The van der Waals surface area contributed by atoms with Gasteiger partial charge in [-0.3, -0.25) is 0 Å². The number of benzene rings is 2. The Kier molecular flexibility index (Phi) is 3.51. The van der Waals surface area contributed by atoms with Crippen LogP contribution in [-0.4, -0.2) is 0 Å². The van der Waals surface area contributed by atoms with E-state index in [0.29, 0.717) is 5.69 Å². The van der Waals surface area contributed by atoms with Gasteiger partial charge in [-0.05, 0) is 17.7 Å². The first-order chi connectivity index (χ1) is 7.86.